The van der Waals surface area contributed by atoms with E-state index in [9.17, 15) is 0 Å². The monoisotopic (exact) mass is 194 g/mol. The maximum Gasteiger partial charge on any atom is 0.0564 e. The molecule has 1 N–H and O–H groups in total. The highest BCUT2D eigenvalue weighted by Crippen LogP contribution is 2.09. The SMILES string of the molecule is [2H]C([2H])(O)C([2H])([2H])C([2H])([2H])C([2H])([2H])CCCCCCCC. The van der Waals surface area contributed by atoms with Gasteiger partial charge in [-0.2, -0.15) is 0 Å². The zero-order valence-corrected chi connectivity index (χ0v) is 8.40. The third-order valence-electron chi connectivity index (χ3n) is 1.86. The number of aliphatic hydroxyl groups is 1. The summed E-state index contributed by atoms with van der Waals surface area (Å²) >= 11 is 0. The second-order valence-electron chi connectivity index (χ2n) is 3.06. The Hall–Kier alpha value is -0.0400. The van der Waals surface area contributed by atoms with Crippen LogP contribution in [0.5, 0.6) is 0 Å². The molecule has 0 aliphatic rings. The lowest BCUT2D eigenvalue weighted by molar-refractivity contribution is 0.282. The van der Waals surface area contributed by atoms with Gasteiger partial charge in [-0.15, -0.1) is 0 Å². The van der Waals surface area contributed by atoms with E-state index in [-0.39, 0.29) is 6.42 Å². The standard InChI is InChI=1S/C12H26O/c1-2-3-4-5-6-7-8-9-10-11-12-13/h13H,2-12H2,1H3/i9D2,10D2,11D2,12D2. The summed E-state index contributed by atoms with van der Waals surface area (Å²) < 4.78 is 59.7. The molecule has 0 bridgehead atoms. The zero-order valence-electron chi connectivity index (χ0n) is 16.4. The highest BCUT2D eigenvalue weighted by molar-refractivity contribution is 4.46. The molecule has 1 heteroatoms. The van der Waals surface area contributed by atoms with Crippen LogP contribution in [0.1, 0.15) is 82.0 Å². The van der Waals surface area contributed by atoms with E-state index >= 15 is 0 Å². The van der Waals surface area contributed by atoms with Gasteiger partial charge in [0.05, 0.1) is 2.74 Å². The molecule has 0 unspecified atom stereocenters. The Morgan fingerprint density at radius 1 is 0.846 bits per heavy atom. The molecule has 0 rings (SSSR count). The third-order valence-corrected chi connectivity index (χ3v) is 1.86. The normalized spacial score (nSPS) is 24.2. The van der Waals surface area contributed by atoms with E-state index in [1.807, 2.05) is 0 Å². The molecule has 1 nitrogen and oxygen atoms in total. The van der Waals surface area contributed by atoms with Crippen LogP contribution in [-0.2, 0) is 0 Å². The summed E-state index contributed by atoms with van der Waals surface area (Å²) in [5, 5.41) is 9.16. The van der Waals surface area contributed by atoms with E-state index < -0.39 is 25.7 Å². The maximum absolute atomic E-state index is 9.16. The molecule has 0 radical (unpaired) electrons. The minimum atomic E-state index is -3.45. The summed E-state index contributed by atoms with van der Waals surface area (Å²) in [6.45, 7) is -1.37. The molecule has 13 heavy (non-hydrogen) atoms. The van der Waals surface area contributed by atoms with Crippen LogP contribution in [0.3, 0.4) is 0 Å². The molecular formula is C12H26O. The Morgan fingerprint density at radius 3 is 2.08 bits per heavy atom. The summed E-state index contributed by atoms with van der Waals surface area (Å²) in [5.74, 6) is 0. The molecule has 0 aromatic heterocycles. The molecule has 0 aromatic carbocycles. The first-order valence-corrected chi connectivity index (χ1v) is 5.03. The van der Waals surface area contributed by atoms with Crippen LogP contribution < -0.4 is 0 Å². The number of unbranched alkanes of at least 4 members (excludes halogenated alkanes) is 5. The van der Waals surface area contributed by atoms with Crippen molar-refractivity contribution in [2.45, 2.75) is 71.0 Å². The van der Waals surface area contributed by atoms with Crippen molar-refractivity contribution in [2.75, 3.05) is 6.56 Å². The van der Waals surface area contributed by atoms with Crippen LogP contribution in [0, 0.1) is 0 Å². The van der Waals surface area contributed by atoms with Gasteiger partial charge >= 0.3 is 0 Å². The smallest absolute Gasteiger partial charge is 0.0564 e. The zero-order chi connectivity index (χ0) is 16.9. The Labute approximate surface area is 94.8 Å². The van der Waals surface area contributed by atoms with Crippen molar-refractivity contribution in [2.24, 2.45) is 0 Å². The van der Waals surface area contributed by atoms with Gasteiger partial charge in [-0.05, 0) is 6.37 Å². The van der Waals surface area contributed by atoms with Crippen molar-refractivity contribution >= 4 is 0 Å². The van der Waals surface area contributed by atoms with Gasteiger partial charge in [0.1, 0.15) is 0 Å². The lowest BCUT2D eigenvalue weighted by Crippen LogP contribution is -1.84. The van der Waals surface area contributed by atoms with E-state index in [1.165, 1.54) is 0 Å². The number of rotatable bonds is 10. The Balaban J connectivity index is 4.66. The predicted octanol–water partition coefficient (Wildman–Crippen LogP) is 3.90. The second kappa shape index (κ2) is 12.0. The Kier molecular flexibility index (Phi) is 4.28. The van der Waals surface area contributed by atoms with Crippen molar-refractivity contribution < 1.29 is 16.1 Å². The molecule has 0 spiro atoms. The summed E-state index contributed by atoms with van der Waals surface area (Å²) in [5.41, 5.74) is 0. The largest absolute Gasteiger partial charge is 0.396 e. The van der Waals surface area contributed by atoms with Gasteiger partial charge in [-0.25, -0.2) is 0 Å². The molecule has 0 saturated heterocycles. The minimum Gasteiger partial charge on any atom is -0.396 e. The first-order chi connectivity index (χ1) is 9.31. The molecule has 0 saturated carbocycles. The fourth-order valence-corrected chi connectivity index (χ4v) is 1.13. The van der Waals surface area contributed by atoms with E-state index in [1.54, 1.807) is 0 Å². The quantitative estimate of drug-likeness (QED) is 0.523. The highest BCUT2D eigenvalue weighted by atomic mass is 16.2. The van der Waals surface area contributed by atoms with Crippen LogP contribution >= 0.6 is 0 Å². The minimum absolute atomic E-state index is 0.207. The van der Waals surface area contributed by atoms with Crippen molar-refractivity contribution in [1.82, 2.24) is 0 Å². The maximum atomic E-state index is 9.16. The van der Waals surface area contributed by atoms with Gasteiger partial charge in [-0.3, -0.25) is 0 Å². The molecule has 0 aliphatic heterocycles. The van der Waals surface area contributed by atoms with Gasteiger partial charge in [0, 0.05) is 14.8 Å². The topological polar surface area (TPSA) is 20.2 Å². The van der Waals surface area contributed by atoms with Crippen LogP contribution in [0.25, 0.3) is 0 Å². The van der Waals surface area contributed by atoms with Gasteiger partial charge in [0.25, 0.3) is 0 Å². The Bertz CT molecular complexity index is 311. The first-order valence-electron chi connectivity index (χ1n) is 9.03. The molecule has 0 aromatic rings. The van der Waals surface area contributed by atoms with Gasteiger partial charge < -0.3 is 5.11 Å². The summed E-state index contributed by atoms with van der Waals surface area (Å²) in [6.07, 6.45) is -3.97. The molecule has 0 aliphatic carbocycles. The van der Waals surface area contributed by atoms with E-state index in [0.717, 1.165) is 32.1 Å². The molecule has 0 atom stereocenters. The van der Waals surface area contributed by atoms with E-state index in [0.29, 0.717) is 6.42 Å². The summed E-state index contributed by atoms with van der Waals surface area (Å²) in [6, 6.07) is 0. The summed E-state index contributed by atoms with van der Waals surface area (Å²) in [7, 11) is 0. The molecular weight excluding hydrogens is 160 g/mol. The van der Waals surface area contributed by atoms with Crippen molar-refractivity contribution in [3.05, 3.63) is 0 Å². The lowest BCUT2D eigenvalue weighted by Gasteiger charge is -2.00. The van der Waals surface area contributed by atoms with Crippen molar-refractivity contribution in [3.63, 3.8) is 0 Å². The fourth-order valence-electron chi connectivity index (χ4n) is 1.13. The Morgan fingerprint density at radius 2 is 1.46 bits per heavy atom. The van der Waals surface area contributed by atoms with Gasteiger partial charge in [0.2, 0.25) is 0 Å². The van der Waals surface area contributed by atoms with Gasteiger partial charge in [0.15, 0.2) is 0 Å². The predicted molar refractivity (Wildman–Crippen MR) is 58.9 cm³/mol. The average Bonchev–Trinajstić information content (AvgIpc) is 2.31. The van der Waals surface area contributed by atoms with Crippen molar-refractivity contribution in [1.29, 1.82) is 0 Å². The van der Waals surface area contributed by atoms with Crippen LogP contribution in [0.2, 0.25) is 0 Å². The van der Waals surface area contributed by atoms with Crippen LogP contribution in [-0.4, -0.2) is 11.7 Å². The van der Waals surface area contributed by atoms with Crippen molar-refractivity contribution in [3.8, 4) is 0 Å². The molecule has 80 valence electrons. The van der Waals surface area contributed by atoms with Crippen LogP contribution in [0.4, 0.5) is 0 Å². The molecule has 0 fully saturated rings. The molecule has 0 amide bonds. The fraction of sp³-hybridized carbons (Fsp3) is 1.00. The summed E-state index contributed by atoms with van der Waals surface area (Å²) in [4.78, 5) is 0. The number of hydrogen-bond acceptors (Lipinski definition) is 1. The third kappa shape index (κ3) is 12.0. The molecule has 0 heterocycles. The van der Waals surface area contributed by atoms with E-state index in [2.05, 4.69) is 6.92 Å². The average molecular weight is 194 g/mol. The second-order valence-corrected chi connectivity index (χ2v) is 3.06. The lowest BCUT2D eigenvalue weighted by atomic mass is 10.1. The van der Waals surface area contributed by atoms with Crippen LogP contribution in [0.15, 0.2) is 0 Å². The number of hydrogen-bond donors (Lipinski definition) is 1. The van der Waals surface area contributed by atoms with E-state index in [4.69, 9.17) is 16.1 Å². The highest BCUT2D eigenvalue weighted by Gasteiger charge is 1.91. The first kappa shape index (κ1) is 4.65. The van der Waals surface area contributed by atoms with Gasteiger partial charge in [-0.1, -0.05) is 64.6 Å².